The number of esters is 1. The molecule has 0 spiro atoms. The minimum absolute atomic E-state index is 0.225. The molecule has 0 saturated heterocycles. The van der Waals surface area contributed by atoms with Crippen LogP contribution in [-0.2, 0) is 9.53 Å². The Bertz CT molecular complexity index is 1500. The number of thiazole rings is 1. The molecule has 0 fully saturated rings. The predicted octanol–water partition coefficient (Wildman–Crippen LogP) is 4.32. The van der Waals surface area contributed by atoms with Crippen molar-refractivity contribution in [1.82, 2.24) is 4.57 Å². The van der Waals surface area contributed by atoms with Crippen molar-refractivity contribution in [2.45, 2.75) is 26.8 Å². The van der Waals surface area contributed by atoms with Gasteiger partial charge in [0.05, 0.1) is 28.5 Å². The van der Waals surface area contributed by atoms with Crippen LogP contribution in [0.15, 0.2) is 76.2 Å². The fourth-order valence-electron chi connectivity index (χ4n) is 3.91. The molecule has 35 heavy (non-hydrogen) atoms. The molecule has 2 aromatic carbocycles. The van der Waals surface area contributed by atoms with Crippen molar-refractivity contribution in [3.05, 3.63) is 108 Å². The number of aromatic nitrogens is 1. The number of carbonyl (C=O) groups is 1. The molecule has 0 saturated carbocycles. The minimum atomic E-state index is -0.649. The van der Waals surface area contributed by atoms with Gasteiger partial charge in [-0.15, -0.1) is 0 Å². The van der Waals surface area contributed by atoms with Crippen molar-refractivity contribution in [3.63, 3.8) is 0 Å². The normalized spacial score (nSPS) is 15.4. The monoisotopic (exact) mass is 508 g/mol. The molecule has 1 aromatic heterocycles. The zero-order chi connectivity index (χ0) is 25.1. The Labute approximate surface area is 212 Å². The highest BCUT2D eigenvalue weighted by Gasteiger charge is 2.33. The average molecular weight is 509 g/mol. The standard InChI is InChI=1S/C27H25ClN2O4S/c1-5-13-34-21-12-11-20(28)14-19(21)15-22-25(31)30-24(18-9-7-16(3)8-10-18)23(26(32)33-6-2)17(4)29-27(30)35-22/h5,7-12,14-15,24H,1,6,13H2,2-4H3/b22-15-/t24-/m1/s1. The number of ether oxygens (including phenoxy) is 2. The summed E-state index contributed by atoms with van der Waals surface area (Å²) in [7, 11) is 0. The molecule has 0 unspecified atom stereocenters. The van der Waals surface area contributed by atoms with Crippen LogP contribution in [0.5, 0.6) is 5.75 Å². The van der Waals surface area contributed by atoms with E-state index in [0.717, 1.165) is 11.1 Å². The van der Waals surface area contributed by atoms with Crippen LogP contribution in [0.1, 0.15) is 36.6 Å². The number of hydrogen-bond donors (Lipinski definition) is 0. The molecule has 4 rings (SSSR count). The summed E-state index contributed by atoms with van der Waals surface area (Å²) < 4.78 is 13.1. The van der Waals surface area contributed by atoms with Crippen LogP contribution < -0.4 is 19.6 Å². The molecule has 0 N–H and O–H groups in total. The molecule has 1 atom stereocenters. The first-order valence-corrected chi connectivity index (χ1v) is 12.3. The van der Waals surface area contributed by atoms with Gasteiger partial charge in [-0.3, -0.25) is 9.36 Å². The lowest BCUT2D eigenvalue weighted by atomic mass is 9.95. The fourth-order valence-corrected chi connectivity index (χ4v) is 5.13. The molecule has 180 valence electrons. The number of carbonyl (C=O) groups excluding carboxylic acids is 1. The number of hydrogen-bond acceptors (Lipinski definition) is 6. The van der Waals surface area contributed by atoms with Gasteiger partial charge in [-0.1, -0.05) is 65.4 Å². The van der Waals surface area contributed by atoms with Crippen LogP contribution in [-0.4, -0.2) is 23.8 Å². The Morgan fingerprint density at radius 2 is 1.97 bits per heavy atom. The van der Waals surface area contributed by atoms with Gasteiger partial charge in [0.2, 0.25) is 0 Å². The van der Waals surface area contributed by atoms with E-state index >= 15 is 0 Å². The third-order valence-electron chi connectivity index (χ3n) is 5.53. The van der Waals surface area contributed by atoms with Gasteiger partial charge in [0.25, 0.3) is 5.56 Å². The van der Waals surface area contributed by atoms with Gasteiger partial charge in [0, 0.05) is 10.6 Å². The lowest BCUT2D eigenvalue weighted by Crippen LogP contribution is -2.39. The van der Waals surface area contributed by atoms with Gasteiger partial charge in [0.15, 0.2) is 4.80 Å². The summed E-state index contributed by atoms with van der Waals surface area (Å²) in [5.41, 5.74) is 3.17. The van der Waals surface area contributed by atoms with E-state index in [0.29, 0.717) is 43.5 Å². The average Bonchev–Trinajstić information content (AvgIpc) is 3.12. The van der Waals surface area contributed by atoms with Gasteiger partial charge in [-0.25, -0.2) is 9.79 Å². The largest absolute Gasteiger partial charge is 0.489 e. The summed E-state index contributed by atoms with van der Waals surface area (Å²) in [5.74, 6) is 0.0992. The van der Waals surface area contributed by atoms with Crippen molar-refractivity contribution in [3.8, 4) is 5.75 Å². The summed E-state index contributed by atoms with van der Waals surface area (Å²) in [4.78, 5) is 31.8. The first-order chi connectivity index (χ1) is 16.8. The molecule has 0 bridgehead atoms. The second-order valence-electron chi connectivity index (χ2n) is 7.99. The van der Waals surface area contributed by atoms with Crippen LogP contribution >= 0.6 is 22.9 Å². The summed E-state index contributed by atoms with van der Waals surface area (Å²) in [6, 6.07) is 12.3. The van der Waals surface area contributed by atoms with Crippen molar-refractivity contribution in [1.29, 1.82) is 0 Å². The van der Waals surface area contributed by atoms with Crippen LogP contribution in [0.2, 0.25) is 5.02 Å². The Morgan fingerprint density at radius 3 is 2.66 bits per heavy atom. The highest BCUT2D eigenvalue weighted by molar-refractivity contribution is 7.07. The zero-order valence-electron chi connectivity index (χ0n) is 19.7. The summed E-state index contributed by atoms with van der Waals surface area (Å²) >= 11 is 7.48. The zero-order valence-corrected chi connectivity index (χ0v) is 21.3. The molecule has 1 aliphatic rings. The molecular weight excluding hydrogens is 484 g/mol. The molecule has 6 nitrogen and oxygen atoms in total. The molecule has 3 aromatic rings. The Hall–Kier alpha value is -3.42. The van der Waals surface area contributed by atoms with E-state index in [1.165, 1.54) is 11.3 Å². The summed E-state index contributed by atoms with van der Waals surface area (Å²) in [6.07, 6.45) is 3.39. The Morgan fingerprint density at radius 1 is 1.23 bits per heavy atom. The van der Waals surface area contributed by atoms with Crippen LogP contribution in [0.4, 0.5) is 0 Å². The lowest BCUT2D eigenvalue weighted by molar-refractivity contribution is -0.139. The van der Waals surface area contributed by atoms with E-state index in [-0.39, 0.29) is 12.2 Å². The molecule has 0 aliphatic carbocycles. The second-order valence-corrected chi connectivity index (χ2v) is 9.44. The van der Waals surface area contributed by atoms with Crippen molar-refractivity contribution in [2.75, 3.05) is 13.2 Å². The quantitative estimate of drug-likeness (QED) is 0.352. The predicted molar refractivity (Wildman–Crippen MR) is 139 cm³/mol. The van der Waals surface area contributed by atoms with E-state index in [2.05, 4.69) is 11.6 Å². The van der Waals surface area contributed by atoms with Crippen LogP contribution in [0.25, 0.3) is 6.08 Å². The van der Waals surface area contributed by atoms with E-state index in [1.807, 2.05) is 31.2 Å². The second kappa shape index (κ2) is 10.5. The maximum Gasteiger partial charge on any atom is 0.338 e. The third-order valence-corrected chi connectivity index (χ3v) is 6.74. The Balaban J connectivity index is 1.94. The number of allylic oxidation sites excluding steroid dienone is 1. The van der Waals surface area contributed by atoms with Crippen molar-refractivity contribution >= 4 is 35.0 Å². The molecule has 8 heteroatoms. The van der Waals surface area contributed by atoms with E-state index < -0.39 is 12.0 Å². The smallest absolute Gasteiger partial charge is 0.338 e. The highest BCUT2D eigenvalue weighted by atomic mass is 35.5. The van der Waals surface area contributed by atoms with Gasteiger partial charge in [0.1, 0.15) is 12.4 Å². The van der Waals surface area contributed by atoms with Crippen molar-refractivity contribution in [2.24, 2.45) is 4.99 Å². The summed E-state index contributed by atoms with van der Waals surface area (Å²) in [5, 5.41) is 0.521. The number of aryl methyl sites for hydroxylation is 1. The van der Waals surface area contributed by atoms with E-state index in [4.69, 9.17) is 21.1 Å². The maximum absolute atomic E-state index is 13.7. The van der Waals surface area contributed by atoms with Gasteiger partial charge in [-0.05, 0) is 50.6 Å². The first-order valence-electron chi connectivity index (χ1n) is 11.1. The SMILES string of the molecule is C=CCOc1ccc(Cl)cc1/C=c1\sc2n(c1=O)[C@H](c1ccc(C)cc1)C(C(=O)OCC)=C(C)N=2. The molecule has 0 amide bonds. The number of rotatable bonds is 7. The highest BCUT2D eigenvalue weighted by Crippen LogP contribution is 2.31. The van der Waals surface area contributed by atoms with E-state index in [9.17, 15) is 9.59 Å². The van der Waals surface area contributed by atoms with Crippen molar-refractivity contribution < 1.29 is 14.3 Å². The lowest BCUT2D eigenvalue weighted by Gasteiger charge is -2.24. The summed E-state index contributed by atoms with van der Waals surface area (Å²) in [6.45, 7) is 9.73. The van der Waals surface area contributed by atoms with Crippen LogP contribution in [0, 0.1) is 6.92 Å². The minimum Gasteiger partial charge on any atom is -0.489 e. The van der Waals surface area contributed by atoms with Gasteiger partial charge < -0.3 is 9.47 Å². The number of benzene rings is 2. The number of halogens is 1. The topological polar surface area (TPSA) is 69.9 Å². The molecule has 1 aliphatic heterocycles. The molecule has 0 radical (unpaired) electrons. The first kappa shape index (κ1) is 24.7. The van der Waals surface area contributed by atoms with Crippen LogP contribution in [0.3, 0.4) is 0 Å². The number of nitrogens with zero attached hydrogens (tertiary/aromatic N) is 2. The van der Waals surface area contributed by atoms with Gasteiger partial charge in [-0.2, -0.15) is 0 Å². The van der Waals surface area contributed by atoms with E-state index in [1.54, 1.807) is 48.8 Å². The third kappa shape index (κ3) is 5.01. The number of fused-ring (bicyclic) bond motifs is 1. The Kier molecular flexibility index (Phi) is 7.38. The molecule has 2 heterocycles. The fraction of sp³-hybridized carbons (Fsp3) is 0.222. The maximum atomic E-state index is 13.7. The van der Waals surface area contributed by atoms with Gasteiger partial charge >= 0.3 is 5.97 Å². The molecular formula is C27H25ClN2O4S.